The van der Waals surface area contributed by atoms with Gasteiger partial charge in [-0.15, -0.1) is 0 Å². The Kier molecular flexibility index (Phi) is 4.41. The second kappa shape index (κ2) is 6.26. The number of unbranched alkanes of at least 4 members (excludes halogenated alkanes) is 1. The second-order valence-electron chi connectivity index (χ2n) is 4.04. The maximum Gasteiger partial charge on any atom is 0.133 e. The van der Waals surface area contributed by atoms with Gasteiger partial charge in [0.1, 0.15) is 11.0 Å². The number of aryl methyl sites for hydroxylation is 1. The van der Waals surface area contributed by atoms with Crippen LogP contribution in [-0.2, 0) is 6.54 Å². The summed E-state index contributed by atoms with van der Waals surface area (Å²) in [6.45, 7) is 1.83. The van der Waals surface area contributed by atoms with Crippen LogP contribution in [0.1, 0.15) is 12.8 Å². The second-order valence-corrected chi connectivity index (χ2v) is 4.43. The van der Waals surface area contributed by atoms with Crippen LogP contribution in [0, 0.1) is 0 Å². The lowest BCUT2D eigenvalue weighted by Crippen LogP contribution is -2.05. The normalized spacial score (nSPS) is 10.5. The van der Waals surface area contributed by atoms with Gasteiger partial charge in [0, 0.05) is 37.2 Å². The van der Waals surface area contributed by atoms with E-state index in [1.54, 1.807) is 18.3 Å². The van der Waals surface area contributed by atoms with Gasteiger partial charge in [-0.05, 0) is 18.9 Å². The van der Waals surface area contributed by atoms with Crippen LogP contribution in [0.15, 0.2) is 30.9 Å². The molecule has 96 valence electrons. The number of imidazole rings is 1. The van der Waals surface area contributed by atoms with E-state index in [0.29, 0.717) is 10.8 Å². The molecule has 18 heavy (non-hydrogen) atoms. The molecular weight excluding hydrogens is 250 g/mol. The van der Waals surface area contributed by atoms with Gasteiger partial charge >= 0.3 is 0 Å². The summed E-state index contributed by atoms with van der Waals surface area (Å²) in [4.78, 5) is 8.14. The molecule has 0 amide bonds. The largest absolute Gasteiger partial charge is 0.399 e. The summed E-state index contributed by atoms with van der Waals surface area (Å²) in [5, 5.41) is 3.62. The minimum Gasteiger partial charge on any atom is -0.399 e. The molecule has 0 saturated heterocycles. The Morgan fingerprint density at radius 3 is 2.94 bits per heavy atom. The lowest BCUT2D eigenvalue weighted by molar-refractivity contribution is 0.620. The summed E-state index contributed by atoms with van der Waals surface area (Å²) < 4.78 is 2.07. The third-order valence-electron chi connectivity index (χ3n) is 2.52. The van der Waals surface area contributed by atoms with Crippen LogP contribution in [0.25, 0.3) is 0 Å². The molecule has 3 N–H and O–H groups in total. The molecule has 0 aromatic carbocycles. The molecule has 0 saturated carbocycles. The molecule has 5 nitrogen and oxygen atoms in total. The Morgan fingerprint density at radius 1 is 1.33 bits per heavy atom. The minimum atomic E-state index is 0.413. The van der Waals surface area contributed by atoms with Crippen molar-refractivity contribution in [3.8, 4) is 0 Å². The number of nitrogens with two attached hydrogens (primary N) is 1. The number of rotatable bonds is 6. The van der Waals surface area contributed by atoms with Gasteiger partial charge in [-0.25, -0.2) is 9.97 Å². The molecule has 0 unspecified atom stereocenters. The Morgan fingerprint density at radius 2 is 2.22 bits per heavy atom. The predicted octanol–water partition coefficient (Wildman–Crippen LogP) is 2.41. The maximum absolute atomic E-state index is 5.82. The molecule has 2 heterocycles. The highest BCUT2D eigenvalue weighted by Gasteiger charge is 1.98. The van der Waals surface area contributed by atoms with E-state index < -0.39 is 0 Å². The fourth-order valence-electron chi connectivity index (χ4n) is 1.66. The van der Waals surface area contributed by atoms with Crippen LogP contribution in [0.4, 0.5) is 11.5 Å². The van der Waals surface area contributed by atoms with Crippen molar-refractivity contribution in [3.63, 3.8) is 0 Å². The lowest BCUT2D eigenvalue weighted by Gasteiger charge is -2.07. The summed E-state index contributed by atoms with van der Waals surface area (Å²) in [6, 6.07) is 3.41. The van der Waals surface area contributed by atoms with Crippen LogP contribution >= 0.6 is 11.6 Å². The van der Waals surface area contributed by atoms with Crippen molar-refractivity contribution in [2.75, 3.05) is 17.6 Å². The van der Waals surface area contributed by atoms with E-state index in [2.05, 4.69) is 19.9 Å². The highest BCUT2D eigenvalue weighted by molar-refractivity contribution is 6.29. The van der Waals surface area contributed by atoms with E-state index >= 15 is 0 Å². The Balaban J connectivity index is 1.68. The van der Waals surface area contributed by atoms with Gasteiger partial charge in [-0.2, -0.15) is 0 Å². The van der Waals surface area contributed by atoms with Crippen molar-refractivity contribution in [2.24, 2.45) is 0 Å². The average Bonchev–Trinajstić information content (AvgIpc) is 2.80. The van der Waals surface area contributed by atoms with Gasteiger partial charge in [0.05, 0.1) is 6.33 Å². The molecule has 0 atom stereocenters. The zero-order valence-corrected chi connectivity index (χ0v) is 10.8. The molecule has 6 heteroatoms. The monoisotopic (exact) mass is 265 g/mol. The van der Waals surface area contributed by atoms with Crippen molar-refractivity contribution >= 4 is 23.1 Å². The average molecular weight is 266 g/mol. The van der Waals surface area contributed by atoms with Crippen LogP contribution in [-0.4, -0.2) is 21.1 Å². The van der Waals surface area contributed by atoms with E-state index in [-0.39, 0.29) is 0 Å². The molecule has 0 radical (unpaired) electrons. The fraction of sp³-hybridized carbons (Fsp3) is 0.333. The number of hydrogen-bond donors (Lipinski definition) is 2. The first-order chi connectivity index (χ1) is 8.74. The predicted molar refractivity (Wildman–Crippen MR) is 73.6 cm³/mol. The van der Waals surface area contributed by atoms with E-state index in [1.165, 1.54) is 0 Å². The molecule has 0 aliphatic rings. The molecule has 0 aliphatic carbocycles. The molecule has 0 bridgehead atoms. The summed E-state index contributed by atoms with van der Waals surface area (Å²) in [5.41, 5.74) is 6.30. The smallest absolute Gasteiger partial charge is 0.133 e. The summed E-state index contributed by atoms with van der Waals surface area (Å²) >= 11 is 5.82. The first-order valence-corrected chi connectivity index (χ1v) is 6.24. The number of nitrogen functional groups attached to an aromatic ring is 1. The van der Waals surface area contributed by atoms with Crippen LogP contribution in [0.2, 0.25) is 5.15 Å². The number of nitrogens with one attached hydrogen (secondary N) is 1. The van der Waals surface area contributed by atoms with Crippen LogP contribution in [0.3, 0.4) is 0 Å². The van der Waals surface area contributed by atoms with Gasteiger partial charge in [0.15, 0.2) is 0 Å². The Labute approximate surface area is 111 Å². The number of anilines is 2. The molecule has 2 rings (SSSR count). The summed E-state index contributed by atoms with van der Waals surface area (Å²) in [5.74, 6) is 0.725. The van der Waals surface area contributed by atoms with Gasteiger partial charge in [0.2, 0.25) is 0 Å². The van der Waals surface area contributed by atoms with E-state index in [4.69, 9.17) is 17.3 Å². The minimum absolute atomic E-state index is 0.413. The van der Waals surface area contributed by atoms with Gasteiger partial charge in [-0.1, -0.05) is 11.6 Å². The van der Waals surface area contributed by atoms with Crippen LogP contribution in [0.5, 0.6) is 0 Å². The van der Waals surface area contributed by atoms with Gasteiger partial charge in [-0.3, -0.25) is 0 Å². The quantitative estimate of drug-likeness (QED) is 0.622. The lowest BCUT2D eigenvalue weighted by atomic mass is 10.3. The molecule has 2 aromatic heterocycles. The van der Waals surface area contributed by atoms with Crippen molar-refractivity contribution < 1.29 is 0 Å². The SMILES string of the molecule is Nc1cc(Cl)nc(NCCCCn2ccnc2)c1. The standard InChI is InChI=1S/C12H16ClN5/c13-11-7-10(14)8-12(17-11)16-3-1-2-5-18-6-4-15-9-18/h4,6-9H,1-3,5H2,(H3,14,16,17). The first-order valence-electron chi connectivity index (χ1n) is 5.87. The number of pyridine rings is 1. The number of aromatic nitrogens is 3. The van der Waals surface area contributed by atoms with E-state index in [9.17, 15) is 0 Å². The molecule has 0 aliphatic heterocycles. The number of nitrogens with zero attached hydrogens (tertiary/aromatic N) is 3. The Hall–Kier alpha value is -1.75. The van der Waals surface area contributed by atoms with Gasteiger partial charge in [0.25, 0.3) is 0 Å². The zero-order chi connectivity index (χ0) is 12.8. The fourth-order valence-corrected chi connectivity index (χ4v) is 1.88. The van der Waals surface area contributed by atoms with Crippen molar-refractivity contribution in [3.05, 3.63) is 36.0 Å². The van der Waals surface area contributed by atoms with E-state index in [1.807, 2.05) is 12.5 Å². The van der Waals surface area contributed by atoms with Gasteiger partial charge < -0.3 is 15.6 Å². The molecule has 2 aromatic rings. The van der Waals surface area contributed by atoms with Crippen LogP contribution < -0.4 is 11.1 Å². The molecule has 0 fully saturated rings. The van der Waals surface area contributed by atoms with Crippen molar-refractivity contribution in [1.82, 2.24) is 14.5 Å². The Bertz CT molecular complexity index is 463. The highest BCUT2D eigenvalue weighted by Crippen LogP contribution is 2.15. The summed E-state index contributed by atoms with van der Waals surface area (Å²) in [7, 11) is 0. The zero-order valence-electron chi connectivity index (χ0n) is 10.0. The molecule has 0 spiro atoms. The molecular formula is C12H16ClN5. The highest BCUT2D eigenvalue weighted by atomic mass is 35.5. The summed E-state index contributed by atoms with van der Waals surface area (Å²) in [6.07, 6.45) is 7.71. The number of halogens is 1. The maximum atomic E-state index is 5.82. The third kappa shape index (κ3) is 3.92. The topological polar surface area (TPSA) is 68.8 Å². The van der Waals surface area contributed by atoms with Crippen molar-refractivity contribution in [2.45, 2.75) is 19.4 Å². The van der Waals surface area contributed by atoms with Crippen molar-refractivity contribution in [1.29, 1.82) is 0 Å². The number of hydrogen-bond acceptors (Lipinski definition) is 4. The first kappa shape index (κ1) is 12.7. The third-order valence-corrected chi connectivity index (χ3v) is 2.72. The van der Waals surface area contributed by atoms with E-state index in [0.717, 1.165) is 31.7 Å².